The van der Waals surface area contributed by atoms with E-state index >= 15 is 0 Å². The minimum absolute atomic E-state index is 0.149. The van der Waals surface area contributed by atoms with Crippen LogP contribution in [0.1, 0.15) is 45.6 Å². The quantitative estimate of drug-likeness (QED) is 0.717. The Balaban J connectivity index is 2.88. The Kier molecular flexibility index (Phi) is 6.85. The number of benzene rings is 1. The molecule has 0 saturated heterocycles. The van der Waals surface area contributed by atoms with E-state index in [-0.39, 0.29) is 5.82 Å². The van der Waals surface area contributed by atoms with E-state index in [2.05, 4.69) is 37.1 Å². The van der Waals surface area contributed by atoms with Crippen molar-refractivity contribution in [3.63, 3.8) is 0 Å². The van der Waals surface area contributed by atoms with Gasteiger partial charge in [-0.1, -0.05) is 19.8 Å². The van der Waals surface area contributed by atoms with Crippen LogP contribution in [0.15, 0.2) is 18.2 Å². The Morgan fingerprint density at radius 1 is 1.21 bits per heavy atom. The van der Waals surface area contributed by atoms with Gasteiger partial charge in [-0.3, -0.25) is 0 Å². The highest BCUT2D eigenvalue weighted by atomic mass is 19.1. The highest BCUT2D eigenvalue weighted by Crippen LogP contribution is 2.21. The van der Waals surface area contributed by atoms with E-state index in [0.717, 1.165) is 24.2 Å². The van der Waals surface area contributed by atoms with Crippen molar-refractivity contribution in [3.05, 3.63) is 29.6 Å². The number of halogens is 1. The van der Waals surface area contributed by atoms with Gasteiger partial charge in [-0.15, -0.1) is 0 Å². The van der Waals surface area contributed by atoms with Crippen LogP contribution in [-0.4, -0.2) is 19.6 Å². The van der Waals surface area contributed by atoms with Crippen LogP contribution in [0.5, 0.6) is 0 Å². The van der Waals surface area contributed by atoms with Crippen LogP contribution >= 0.6 is 0 Å². The number of nitrogens with zero attached hydrogens (tertiary/aromatic N) is 1. The standard InChI is InChI=1S/C16H27FN2/c1-5-6-7-8-19(13(2)3)16-10-14(12-18-4)9-15(17)11-16/h9-11,13,18H,5-8,12H2,1-4H3. The van der Waals surface area contributed by atoms with Crippen molar-refractivity contribution >= 4 is 5.69 Å². The molecule has 0 unspecified atom stereocenters. The summed E-state index contributed by atoms with van der Waals surface area (Å²) in [6, 6.07) is 5.72. The lowest BCUT2D eigenvalue weighted by Crippen LogP contribution is -2.32. The molecule has 0 radical (unpaired) electrons. The molecule has 1 rings (SSSR count). The topological polar surface area (TPSA) is 15.3 Å². The first-order valence-electron chi connectivity index (χ1n) is 7.29. The molecule has 2 nitrogen and oxygen atoms in total. The normalized spacial score (nSPS) is 11.1. The Morgan fingerprint density at radius 3 is 2.53 bits per heavy atom. The molecule has 0 spiro atoms. The second-order valence-electron chi connectivity index (χ2n) is 5.34. The Labute approximate surface area is 117 Å². The summed E-state index contributed by atoms with van der Waals surface area (Å²) in [5.74, 6) is -0.149. The van der Waals surface area contributed by atoms with Crippen molar-refractivity contribution in [2.45, 2.75) is 52.6 Å². The first-order chi connectivity index (χ1) is 9.08. The Morgan fingerprint density at radius 2 is 1.95 bits per heavy atom. The van der Waals surface area contributed by atoms with Crippen molar-refractivity contribution < 1.29 is 4.39 Å². The SMILES string of the molecule is CCCCCN(c1cc(F)cc(CNC)c1)C(C)C. The second-order valence-corrected chi connectivity index (χ2v) is 5.34. The molecule has 0 atom stereocenters. The van der Waals surface area contributed by atoms with Gasteiger partial charge in [0.2, 0.25) is 0 Å². The predicted octanol–water partition coefficient (Wildman–Crippen LogP) is 3.95. The maximum Gasteiger partial charge on any atom is 0.125 e. The third-order valence-electron chi connectivity index (χ3n) is 3.28. The van der Waals surface area contributed by atoms with Crippen LogP contribution < -0.4 is 10.2 Å². The zero-order chi connectivity index (χ0) is 14.3. The van der Waals surface area contributed by atoms with Gasteiger partial charge in [-0.25, -0.2) is 4.39 Å². The zero-order valence-electron chi connectivity index (χ0n) is 12.7. The van der Waals surface area contributed by atoms with Gasteiger partial charge in [0.15, 0.2) is 0 Å². The van der Waals surface area contributed by atoms with E-state index in [9.17, 15) is 4.39 Å². The molecule has 0 heterocycles. The van der Waals surface area contributed by atoms with Gasteiger partial charge in [-0.05, 0) is 51.1 Å². The predicted molar refractivity (Wildman–Crippen MR) is 81.2 cm³/mol. The third-order valence-corrected chi connectivity index (χ3v) is 3.28. The number of hydrogen-bond acceptors (Lipinski definition) is 2. The minimum Gasteiger partial charge on any atom is -0.369 e. The van der Waals surface area contributed by atoms with Gasteiger partial charge in [-0.2, -0.15) is 0 Å². The zero-order valence-corrected chi connectivity index (χ0v) is 12.7. The van der Waals surface area contributed by atoms with Gasteiger partial charge in [0.05, 0.1) is 0 Å². The molecule has 1 aromatic rings. The fraction of sp³-hybridized carbons (Fsp3) is 0.625. The summed E-state index contributed by atoms with van der Waals surface area (Å²) in [6.45, 7) is 8.22. The van der Waals surface area contributed by atoms with E-state index in [1.165, 1.54) is 12.8 Å². The van der Waals surface area contributed by atoms with Crippen LogP contribution in [0.25, 0.3) is 0 Å². The minimum atomic E-state index is -0.149. The Bertz CT molecular complexity index is 377. The molecule has 0 aliphatic rings. The summed E-state index contributed by atoms with van der Waals surface area (Å²) < 4.78 is 13.7. The molecule has 0 bridgehead atoms. The fourth-order valence-electron chi connectivity index (χ4n) is 2.32. The molecule has 0 fully saturated rings. The monoisotopic (exact) mass is 266 g/mol. The summed E-state index contributed by atoms with van der Waals surface area (Å²) in [6.07, 6.45) is 3.59. The summed E-state index contributed by atoms with van der Waals surface area (Å²) >= 11 is 0. The van der Waals surface area contributed by atoms with Gasteiger partial charge >= 0.3 is 0 Å². The maximum absolute atomic E-state index is 13.7. The van der Waals surface area contributed by atoms with Crippen LogP contribution in [0.4, 0.5) is 10.1 Å². The van der Waals surface area contributed by atoms with Crippen molar-refractivity contribution in [3.8, 4) is 0 Å². The Hall–Kier alpha value is -1.09. The van der Waals surface area contributed by atoms with Gasteiger partial charge in [0, 0.05) is 24.8 Å². The first-order valence-corrected chi connectivity index (χ1v) is 7.29. The molecule has 3 heteroatoms. The van der Waals surface area contributed by atoms with Crippen molar-refractivity contribution in [1.82, 2.24) is 5.32 Å². The summed E-state index contributed by atoms with van der Waals surface area (Å²) in [5.41, 5.74) is 2.00. The first kappa shape index (κ1) is 16.0. The smallest absolute Gasteiger partial charge is 0.125 e. The van der Waals surface area contributed by atoms with Crippen molar-refractivity contribution in [2.24, 2.45) is 0 Å². The molecule has 1 aromatic carbocycles. The lowest BCUT2D eigenvalue weighted by molar-refractivity contribution is 0.607. The second kappa shape index (κ2) is 8.16. The molecule has 0 aliphatic heterocycles. The molecule has 1 N–H and O–H groups in total. The molecule has 19 heavy (non-hydrogen) atoms. The summed E-state index contributed by atoms with van der Waals surface area (Å²) in [5, 5.41) is 3.07. The maximum atomic E-state index is 13.7. The van der Waals surface area contributed by atoms with Gasteiger partial charge in [0.1, 0.15) is 5.82 Å². The lowest BCUT2D eigenvalue weighted by atomic mass is 10.1. The lowest BCUT2D eigenvalue weighted by Gasteiger charge is -2.29. The molecular formula is C16H27FN2. The molecular weight excluding hydrogens is 239 g/mol. The van der Waals surface area contributed by atoms with Crippen LogP contribution in [0.2, 0.25) is 0 Å². The van der Waals surface area contributed by atoms with E-state index in [1.807, 2.05) is 7.05 Å². The van der Waals surface area contributed by atoms with E-state index in [0.29, 0.717) is 12.6 Å². The largest absolute Gasteiger partial charge is 0.369 e. The van der Waals surface area contributed by atoms with E-state index in [1.54, 1.807) is 12.1 Å². The third kappa shape index (κ3) is 5.19. The number of hydrogen-bond donors (Lipinski definition) is 1. The van der Waals surface area contributed by atoms with E-state index < -0.39 is 0 Å². The van der Waals surface area contributed by atoms with Crippen molar-refractivity contribution in [2.75, 3.05) is 18.5 Å². The van der Waals surface area contributed by atoms with Gasteiger partial charge < -0.3 is 10.2 Å². The fourth-order valence-corrected chi connectivity index (χ4v) is 2.32. The van der Waals surface area contributed by atoms with E-state index in [4.69, 9.17) is 0 Å². The number of anilines is 1. The van der Waals surface area contributed by atoms with Crippen LogP contribution in [0.3, 0.4) is 0 Å². The summed E-state index contributed by atoms with van der Waals surface area (Å²) in [7, 11) is 1.88. The van der Waals surface area contributed by atoms with Crippen LogP contribution in [-0.2, 0) is 6.54 Å². The molecule has 0 aromatic heterocycles. The average molecular weight is 266 g/mol. The number of nitrogens with one attached hydrogen (secondary N) is 1. The highest BCUT2D eigenvalue weighted by molar-refractivity contribution is 5.49. The summed E-state index contributed by atoms with van der Waals surface area (Å²) in [4.78, 5) is 2.29. The molecule has 108 valence electrons. The molecule has 0 aliphatic carbocycles. The highest BCUT2D eigenvalue weighted by Gasteiger charge is 2.12. The van der Waals surface area contributed by atoms with Crippen molar-refractivity contribution in [1.29, 1.82) is 0 Å². The molecule has 0 saturated carbocycles. The number of rotatable bonds is 8. The van der Waals surface area contributed by atoms with Gasteiger partial charge in [0.25, 0.3) is 0 Å². The molecule has 0 amide bonds. The van der Waals surface area contributed by atoms with Crippen LogP contribution in [0, 0.1) is 5.82 Å². The number of unbranched alkanes of at least 4 members (excludes halogenated alkanes) is 2. The average Bonchev–Trinajstić information content (AvgIpc) is 2.33.